The Kier molecular flexibility index (Phi) is 5.72. The third-order valence-corrected chi connectivity index (χ3v) is 4.85. The molecule has 6 nitrogen and oxygen atoms in total. The number of nitrogens with one attached hydrogen (secondary N) is 2. The van der Waals surface area contributed by atoms with E-state index in [9.17, 15) is 4.79 Å². The maximum Gasteiger partial charge on any atom is 0.257 e. The highest BCUT2D eigenvalue weighted by Gasteiger charge is 2.16. The number of morpholine rings is 1. The van der Waals surface area contributed by atoms with Gasteiger partial charge in [0.05, 0.1) is 30.2 Å². The Balaban J connectivity index is 1.44. The van der Waals surface area contributed by atoms with Gasteiger partial charge in [-0.25, -0.2) is 4.98 Å². The van der Waals surface area contributed by atoms with Crippen molar-refractivity contribution in [1.82, 2.24) is 4.98 Å². The van der Waals surface area contributed by atoms with E-state index in [1.54, 1.807) is 12.3 Å². The van der Waals surface area contributed by atoms with Crippen molar-refractivity contribution < 1.29 is 9.53 Å². The van der Waals surface area contributed by atoms with Crippen LogP contribution < -0.4 is 15.5 Å². The number of carbonyl (C=O) groups is 1. The van der Waals surface area contributed by atoms with Crippen LogP contribution in [0.25, 0.3) is 0 Å². The van der Waals surface area contributed by atoms with Crippen molar-refractivity contribution in [3.05, 3.63) is 78.0 Å². The Morgan fingerprint density at radius 1 is 1.00 bits per heavy atom. The molecule has 0 bridgehead atoms. The molecule has 0 spiro atoms. The number of benzene rings is 2. The minimum atomic E-state index is -0.180. The monoisotopic (exact) mass is 388 g/mol. The Labute approximate surface area is 170 Å². The quantitative estimate of drug-likeness (QED) is 0.685. The molecule has 0 saturated carbocycles. The number of hydrogen-bond acceptors (Lipinski definition) is 5. The highest BCUT2D eigenvalue weighted by atomic mass is 16.5. The minimum absolute atomic E-state index is 0.180. The summed E-state index contributed by atoms with van der Waals surface area (Å²) in [5.41, 5.74) is 4.47. The fourth-order valence-electron chi connectivity index (χ4n) is 3.24. The van der Waals surface area contributed by atoms with E-state index in [0.29, 0.717) is 24.6 Å². The predicted octanol–water partition coefficient (Wildman–Crippen LogP) is 4.22. The molecule has 2 aromatic carbocycles. The Morgan fingerprint density at radius 3 is 2.48 bits per heavy atom. The molecule has 1 aliphatic rings. The second-order valence-corrected chi connectivity index (χ2v) is 6.99. The smallest absolute Gasteiger partial charge is 0.257 e. The zero-order valence-corrected chi connectivity index (χ0v) is 16.4. The zero-order valence-electron chi connectivity index (χ0n) is 16.4. The normalized spacial score (nSPS) is 13.8. The number of carbonyl (C=O) groups excluding carboxylic acids is 1. The van der Waals surface area contributed by atoms with Crippen LogP contribution in [0.5, 0.6) is 0 Å². The van der Waals surface area contributed by atoms with Crippen molar-refractivity contribution in [1.29, 1.82) is 0 Å². The first-order valence-corrected chi connectivity index (χ1v) is 9.72. The van der Waals surface area contributed by atoms with Crippen LogP contribution in [0.2, 0.25) is 0 Å². The van der Waals surface area contributed by atoms with Gasteiger partial charge in [-0.3, -0.25) is 4.79 Å². The Bertz CT molecular complexity index is 965. The number of amides is 1. The van der Waals surface area contributed by atoms with E-state index in [4.69, 9.17) is 4.74 Å². The lowest BCUT2D eigenvalue weighted by atomic mass is 10.2. The van der Waals surface area contributed by atoms with Crippen LogP contribution in [0.3, 0.4) is 0 Å². The first-order chi connectivity index (χ1) is 14.2. The van der Waals surface area contributed by atoms with Gasteiger partial charge in [0, 0.05) is 25.0 Å². The van der Waals surface area contributed by atoms with Crippen LogP contribution in [0.1, 0.15) is 15.9 Å². The van der Waals surface area contributed by atoms with E-state index in [2.05, 4.69) is 20.5 Å². The summed E-state index contributed by atoms with van der Waals surface area (Å²) in [5, 5.41) is 6.26. The molecule has 0 unspecified atom stereocenters. The maximum absolute atomic E-state index is 12.7. The van der Waals surface area contributed by atoms with Crippen molar-refractivity contribution in [2.75, 3.05) is 41.8 Å². The molecular weight excluding hydrogens is 364 g/mol. The zero-order chi connectivity index (χ0) is 20.1. The van der Waals surface area contributed by atoms with Gasteiger partial charge in [-0.2, -0.15) is 0 Å². The van der Waals surface area contributed by atoms with Crippen LogP contribution in [-0.4, -0.2) is 37.2 Å². The van der Waals surface area contributed by atoms with E-state index in [1.807, 2.05) is 61.5 Å². The highest BCUT2D eigenvalue weighted by molar-refractivity contribution is 6.05. The van der Waals surface area contributed by atoms with Crippen molar-refractivity contribution >= 4 is 28.8 Å². The third kappa shape index (κ3) is 4.73. The molecule has 2 heterocycles. The van der Waals surface area contributed by atoms with Crippen molar-refractivity contribution in [2.24, 2.45) is 0 Å². The molecule has 1 amide bonds. The molecule has 0 atom stereocenters. The molecular formula is C23H24N4O2. The van der Waals surface area contributed by atoms with E-state index in [-0.39, 0.29) is 5.91 Å². The SMILES string of the molecule is Cc1ccc(Nc2ccc(C(=O)Nc3ccccc3N3CCOCC3)cn2)cc1. The maximum atomic E-state index is 12.7. The number of hydrogen-bond donors (Lipinski definition) is 2. The average molecular weight is 388 g/mol. The van der Waals surface area contributed by atoms with Gasteiger partial charge in [-0.05, 0) is 43.3 Å². The lowest BCUT2D eigenvalue weighted by Gasteiger charge is -2.30. The molecule has 3 aromatic rings. The molecule has 29 heavy (non-hydrogen) atoms. The summed E-state index contributed by atoms with van der Waals surface area (Å²) in [7, 11) is 0. The number of aryl methyl sites for hydroxylation is 1. The van der Waals surface area contributed by atoms with Gasteiger partial charge >= 0.3 is 0 Å². The first-order valence-electron chi connectivity index (χ1n) is 9.72. The van der Waals surface area contributed by atoms with Gasteiger partial charge < -0.3 is 20.3 Å². The molecule has 2 N–H and O–H groups in total. The molecule has 0 aliphatic carbocycles. The van der Waals surface area contributed by atoms with Crippen LogP contribution in [-0.2, 0) is 4.74 Å². The van der Waals surface area contributed by atoms with E-state index < -0.39 is 0 Å². The molecule has 6 heteroatoms. The van der Waals surface area contributed by atoms with Gasteiger partial charge in [0.1, 0.15) is 5.82 Å². The second-order valence-electron chi connectivity index (χ2n) is 6.99. The average Bonchev–Trinajstić information content (AvgIpc) is 2.77. The van der Waals surface area contributed by atoms with Crippen molar-refractivity contribution in [3.63, 3.8) is 0 Å². The summed E-state index contributed by atoms with van der Waals surface area (Å²) in [5.74, 6) is 0.513. The van der Waals surface area contributed by atoms with Crippen LogP contribution in [0, 0.1) is 6.92 Å². The van der Waals surface area contributed by atoms with Crippen molar-refractivity contribution in [3.8, 4) is 0 Å². The van der Waals surface area contributed by atoms with E-state index in [0.717, 1.165) is 30.2 Å². The topological polar surface area (TPSA) is 66.5 Å². The Hall–Kier alpha value is -3.38. The van der Waals surface area contributed by atoms with Gasteiger partial charge in [0.2, 0.25) is 0 Å². The summed E-state index contributed by atoms with van der Waals surface area (Å²) in [6.07, 6.45) is 1.59. The lowest BCUT2D eigenvalue weighted by Crippen LogP contribution is -2.36. The van der Waals surface area contributed by atoms with Gasteiger partial charge in [0.25, 0.3) is 5.91 Å². The minimum Gasteiger partial charge on any atom is -0.378 e. The summed E-state index contributed by atoms with van der Waals surface area (Å²) in [4.78, 5) is 19.3. The third-order valence-electron chi connectivity index (χ3n) is 4.85. The summed E-state index contributed by atoms with van der Waals surface area (Å²) >= 11 is 0. The number of para-hydroxylation sites is 2. The van der Waals surface area contributed by atoms with Crippen molar-refractivity contribution in [2.45, 2.75) is 6.92 Å². The number of nitrogens with zero attached hydrogens (tertiary/aromatic N) is 2. The van der Waals surface area contributed by atoms with Gasteiger partial charge in [-0.1, -0.05) is 29.8 Å². The second kappa shape index (κ2) is 8.75. The molecule has 0 radical (unpaired) electrons. The highest BCUT2D eigenvalue weighted by Crippen LogP contribution is 2.27. The number of anilines is 4. The molecule has 1 aliphatic heterocycles. The van der Waals surface area contributed by atoms with Crippen LogP contribution in [0.4, 0.5) is 22.9 Å². The van der Waals surface area contributed by atoms with Gasteiger partial charge in [0.15, 0.2) is 0 Å². The molecule has 1 aromatic heterocycles. The van der Waals surface area contributed by atoms with E-state index in [1.165, 1.54) is 5.56 Å². The fourth-order valence-corrected chi connectivity index (χ4v) is 3.24. The van der Waals surface area contributed by atoms with Crippen LogP contribution in [0.15, 0.2) is 66.9 Å². The van der Waals surface area contributed by atoms with E-state index >= 15 is 0 Å². The number of aromatic nitrogens is 1. The molecule has 1 saturated heterocycles. The number of ether oxygens (including phenoxy) is 1. The lowest BCUT2D eigenvalue weighted by molar-refractivity contribution is 0.102. The number of rotatable bonds is 5. The summed E-state index contributed by atoms with van der Waals surface area (Å²) in [6.45, 7) is 5.07. The molecule has 1 fully saturated rings. The standard InChI is InChI=1S/C23H24N4O2/c1-17-6-9-19(10-7-17)25-22-11-8-18(16-24-22)23(28)26-20-4-2-3-5-21(20)27-12-14-29-15-13-27/h2-11,16H,12-15H2,1H3,(H,24,25)(H,26,28). The largest absolute Gasteiger partial charge is 0.378 e. The summed E-state index contributed by atoms with van der Waals surface area (Å²) < 4.78 is 5.43. The number of pyridine rings is 1. The Morgan fingerprint density at radius 2 is 1.76 bits per heavy atom. The predicted molar refractivity (Wildman–Crippen MR) is 116 cm³/mol. The van der Waals surface area contributed by atoms with Gasteiger partial charge in [-0.15, -0.1) is 0 Å². The molecule has 148 valence electrons. The molecule has 4 rings (SSSR count). The van der Waals surface area contributed by atoms with Crippen LogP contribution >= 0.6 is 0 Å². The summed E-state index contributed by atoms with van der Waals surface area (Å²) in [6, 6.07) is 19.5. The fraction of sp³-hybridized carbons (Fsp3) is 0.217. The first kappa shape index (κ1) is 19.0.